The molecule has 8 heavy (non-hydrogen) atoms. The quantitative estimate of drug-likeness (QED) is 0.458. The molecule has 0 atom stereocenters. The second kappa shape index (κ2) is 1.86. The van der Waals surface area contributed by atoms with E-state index in [0.29, 0.717) is 13.2 Å². The zero-order valence-corrected chi connectivity index (χ0v) is 4.44. The molecule has 0 bridgehead atoms. The van der Waals surface area contributed by atoms with Gasteiger partial charge in [0, 0.05) is 6.54 Å². The van der Waals surface area contributed by atoms with Crippen molar-refractivity contribution in [2.45, 2.75) is 0 Å². The van der Waals surface area contributed by atoms with E-state index in [1.165, 1.54) is 0 Å². The molecule has 1 heterocycles. The third-order valence-electron chi connectivity index (χ3n) is 0.890. The largest absolute Gasteiger partial charge is 0.445 e. The molecule has 3 heteroatoms. The van der Waals surface area contributed by atoms with Gasteiger partial charge in [0.2, 0.25) is 0 Å². The Balaban J connectivity index is 2.40. The van der Waals surface area contributed by atoms with Crippen molar-refractivity contribution in [3.63, 3.8) is 0 Å². The molecule has 1 rings (SSSR count). The van der Waals surface area contributed by atoms with Crippen LogP contribution in [0.1, 0.15) is 0 Å². The Morgan fingerprint density at radius 1 is 1.75 bits per heavy atom. The normalized spacial score (nSPS) is 19.5. The predicted molar refractivity (Wildman–Crippen MR) is 28.5 cm³/mol. The van der Waals surface area contributed by atoms with Crippen molar-refractivity contribution < 1.29 is 9.53 Å². The monoisotopic (exact) mass is 113 g/mol. The first kappa shape index (κ1) is 5.15. The Morgan fingerprint density at radius 2 is 2.50 bits per heavy atom. The van der Waals surface area contributed by atoms with Crippen molar-refractivity contribution in [3.05, 3.63) is 12.2 Å². The maximum atomic E-state index is 10.2. The van der Waals surface area contributed by atoms with Gasteiger partial charge in [-0.05, 0) is 5.57 Å². The summed E-state index contributed by atoms with van der Waals surface area (Å²) in [6, 6.07) is 0. The zero-order valence-electron chi connectivity index (χ0n) is 4.44. The van der Waals surface area contributed by atoms with Crippen LogP contribution >= 0.6 is 0 Å². The van der Waals surface area contributed by atoms with E-state index in [9.17, 15) is 4.79 Å². The molecule has 0 saturated carbocycles. The lowest BCUT2D eigenvalue weighted by Crippen LogP contribution is -2.33. The van der Waals surface area contributed by atoms with E-state index in [-0.39, 0.29) is 6.09 Å². The molecule has 0 spiro atoms. The smallest absolute Gasteiger partial charge is 0.407 e. The van der Waals surface area contributed by atoms with Gasteiger partial charge in [-0.15, -0.1) is 0 Å². The van der Waals surface area contributed by atoms with E-state index in [1.807, 2.05) is 0 Å². The lowest BCUT2D eigenvalue weighted by atomic mass is 10.3. The SMILES string of the molecule is C=C1CNC(=O)OC1. The van der Waals surface area contributed by atoms with E-state index >= 15 is 0 Å². The molecule has 1 saturated heterocycles. The average molecular weight is 113 g/mol. The molecule has 0 unspecified atom stereocenters. The molecule has 1 aliphatic rings. The summed E-state index contributed by atoms with van der Waals surface area (Å²) >= 11 is 0. The fourth-order valence-corrected chi connectivity index (χ4v) is 0.467. The summed E-state index contributed by atoms with van der Waals surface area (Å²) in [6.07, 6.45) is -0.350. The second-order valence-corrected chi connectivity index (χ2v) is 1.68. The molecule has 0 aromatic carbocycles. The molecule has 0 aromatic heterocycles. The summed E-state index contributed by atoms with van der Waals surface area (Å²) in [4.78, 5) is 10.2. The van der Waals surface area contributed by atoms with Gasteiger partial charge in [-0.25, -0.2) is 4.79 Å². The Bertz CT molecular complexity index is 102. The molecule has 1 N–H and O–H groups in total. The average Bonchev–Trinajstić information content (AvgIpc) is 1.77. The lowest BCUT2D eigenvalue weighted by Gasteiger charge is -2.13. The second-order valence-electron chi connectivity index (χ2n) is 1.68. The topological polar surface area (TPSA) is 38.3 Å². The number of alkyl carbamates (subject to hydrolysis) is 1. The number of cyclic esters (lactones) is 1. The third kappa shape index (κ3) is 0.992. The van der Waals surface area contributed by atoms with Gasteiger partial charge >= 0.3 is 6.09 Å². The molecule has 1 fully saturated rings. The number of amides is 1. The minimum atomic E-state index is -0.350. The Labute approximate surface area is 47.3 Å². The molecule has 1 amide bonds. The van der Waals surface area contributed by atoms with Crippen molar-refractivity contribution >= 4 is 6.09 Å². The van der Waals surface area contributed by atoms with Gasteiger partial charge < -0.3 is 10.1 Å². The van der Waals surface area contributed by atoms with Gasteiger partial charge in [0.15, 0.2) is 0 Å². The van der Waals surface area contributed by atoms with Crippen molar-refractivity contribution in [1.82, 2.24) is 5.32 Å². The fourth-order valence-electron chi connectivity index (χ4n) is 0.467. The number of ether oxygens (including phenoxy) is 1. The number of hydrogen-bond acceptors (Lipinski definition) is 2. The van der Waals surface area contributed by atoms with Crippen molar-refractivity contribution in [2.75, 3.05) is 13.2 Å². The highest BCUT2D eigenvalue weighted by atomic mass is 16.5. The van der Waals surface area contributed by atoms with Gasteiger partial charge in [-0.3, -0.25) is 0 Å². The van der Waals surface area contributed by atoms with Crippen LogP contribution in [0, 0.1) is 0 Å². The number of hydrogen-bond donors (Lipinski definition) is 1. The zero-order chi connectivity index (χ0) is 5.98. The van der Waals surface area contributed by atoms with Crippen LogP contribution in [0.25, 0.3) is 0 Å². The van der Waals surface area contributed by atoms with E-state index in [0.717, 1.165) is 5.57 Å². The van der Waals surface area contributed by atoms with Crippen LogP contribution < -0.4 is 5.32 Å². The molecule has 1 aliphatic heterocycles. The molecule has 3 nitrogen and oxygen atoms in total. The Morgan fingerprint density at radius 3 is 2.88 bits per heavy atom. The van der Waals surface area contributed by atoms with E-state index in [2.05, 4.69) is 16.6 Å². The standard InChI is InChI=1S/C5H7NO2/c1-4-2-6-5(7)8-3-4/h1-3H2,(H,6,7). The van der Waals surface area contributed by atoms with Crippen LogP contribution in [0.3, 0.4) is 0 Å². The number of nitrogens with one attached hydrogen (secondary N) is 1. The van der Waals surface area contributed by atoms with Crippen molar-refractivity contribution in [1.29, 1.82) is 0 Å². The number of rotatable bonds is 0. The highest BCUT2D eigenvalue weighted by Crippen LogP contribution is 1.95. The molecule has 0 aromatic rings. The van der Waals surface area contributed by atoms with Gasteiger partial charge in [0.1, 0.15) is 6.61 Å². The van der Waals surface area contributed by atoms with Gasteiger partial charge in [-0.1, -0.05) is 6.58 Å². The first-order valence-corrected chi connectivity index (χ1v) is 2.36. The van der Waals surface area contributed by atoms with E-state index < -0.39 is 0 Å². The summed E-state index contributed by atoms with van der Waals surface area (Å²) in [6.45, 7) is 4.53. The van der Waals surface area contributed by atoms with E-state index in [1.54, 1.807) is 0 Å². The predicted octanol–water partition coefficient (Wildman–Crippen LogP) is 0.282. The summed E-state index contributed by atoms with van der Waals surface area (Å²) in [5.74, 6) is 0. The Hall–Kier alpha value is -0.990. The first-order valence-electron chi connectivity index (χ1n) is 2.36. The van der Waals surface area contributed by atoms with Gasteiger partial charge in [0.25, 0.3) is 0 Å². The van der Waals surface area contributed by atoms with E-state index in [4.69, 9.17) is 0 Å². The highest BCUT2D eigenvalue weighted by molar-refractivity contribution is 5.68. The minimum absolute atomic E-state index is 0.350. The molecular weight excluding hydrogens is 106 g/mol. The van der Waals surface area contributed by atoms with Crippen LogP contribution in [0.4, 0.5) is 4.79 Å². The van der Waals surface area contributed by atoms with Crippen LogP contribution in [0.15, 0.2) is 12.2 Å². The highest BCUT2D eigenvalue weighted by Gasteiger charge is 2.08. The van der Waals surface area contributed by atoms with Gasteiger partial charge in [0.05, 0.1) is 0 Å². The summed E-state index contributed by atoms with van der Waals surface area (Å²) < 4.78 is 4.54. The molecular formula is C5H7NO2. The van der Waals surface area contributed by atoms with Crippen molar-refractivity contribution in [3.8, 4) is 0 Å². The van der Waals surface area contributed by atoms with Crippen LogP contribution in [0.2, 0.25) is 0 Å². The lowest BCUT2D eigenvalue weighted by molar-refractivity contribution is 0.146. The molecule has 0 radical (unpaired) electrons. The van der Waals surface area contributed by atoms with Crippen LogP contribution in [-0.4, -0.2) is 19.2 Å². The third-order valence-corrected chi connectivity index (χ3v) is 0.890. The Kier molecular flexibility index (Phi) is 1.20. The number of carbonyl (C=O) groups is 1. The summed E-state index contributed by atoms with van der Waals surface area (Å²) in [7, 11) is 0. The molecule has 44 valence electrons. The summed E-state index contributed by atoms with van der Waals surface area (Å²) in [5.41, 5.74) is 0.907. The summed E-state index contributed by atoms with van der Waals surface area (Å²) in [5, 5.41) is 2.47. The first-order chi connectivity index (χ1) is 3.79. The van der Waals surface area contributed by atoms with Gasteiger partial charge in [-0.2, -0.15) is 0 Å². The number of carbonyl (C=O) groups excluding carboxylic acids is 1. The maximum Gasteiger partial charge on any atom is 0.407 e. The minimum Gasteiger partial charge on any atom is -0.445 e. The maximum absolute atomic E-state index is 10.2. The fraction of sp³-hybridized carbons (Fsp3) is 0.400. The van der Waals surface area contributed by atoms with Crippen LogP contribution in [0.5, 0.6) is 0 Å². The van der Waals surface area contributed by atoms with Crippen LogP contribution in [-0.2, 0) is 4.74 Å². The van der Waals surface area contributed by atoms with Crippen molar-refractivity contribution in [2.24, 2.45) is 0 Å². The molecule has 0 aliphatic carbocycles.